The molecule has 1 aromatic rings. The zero-order chi connectivity index (χ0) is 23.6. The molecule has 0 unspecified atom stereocenters. The van der Waals surface area contributed by atoms with Gasteiger partial charge >= 0.3 is 6.09 Å². The van der Waals surface area contributed by atoms with Crippen LogP contribution in [0.4, 0.5) is 4.79 Å². The molecular weight excluding hydrogens is 422 g/mol. The minimum atomic E-state index is -1.06. The maximum absolute atomic E-state index is 13.1. The number of ketones is 1. The van der Waals surface area contributed by atoms with Crippen molar-refractivity contribution in [1.82, 2.24) is 10.2 Å². The van der Waals surface area contributed by atoms with Gasteiger partial charge in [0.15, 0.2) is 23.4 Å². The summed E-state index contributed by atoms with van der Waals surface area (Å²) < 4.78 is 12.8. The Balaban J connectivity index is 1.60. The van der Waals surface area contributed by atoms with Crippen molar-refractivity contribution in [3.05, 3.63) is 35.9 Å². The van der Waals surface area contributed by atoms with Gasteiger partial charge in [0.25, 0.3) is 0 Å². The number of hydrogen-bond acceptors (Lipinski definition) is 6. The molecule has 1 saturated heterocycles. The van der Waals surface area contributed by atoms with Crippen LogP contribution in [-0.2, 0) is 16.6 Å². The van der Waals surface area contributed by atoms with Gasteiger partial charge in [0.2, 0.25) is 0 Å². The van der Waals surface area contributed by atoms with Crippen LogP contribution in [-0.4, -0.2) is 91.4 Å². The van der Waals surface area contributed by atoms with Crippen LogP contribution in [0.2, 0.25) is 0 Å². The van der Waals surface area contributed by atoms with Gasteiger partial charge in [0, 0.05) is 45.0 Å². The van der Waals surface area contributed by atoms with E-state index in [2.05, 4.69) is 18.9 Å². The third-order valence-corrected chi connectivity index (χ3v) is 8.64. The number of carbonyl (C=O) groups is 2. The van der Waals surface area contributed by atoms with Crippen LogP contribution < -0.4 is 14.8 Å². The lowest BCUT2D eigenvalue weighted by molar-refractivity contribution is -0.944. The first kappa shape index (κ1) is 22.4. The monoisotopic (exact) mass is 456 g/mol. The molecule has 2 fully saturated rings. The number of quaternary nitrogens is 1. The average Bonchev–Trinajstić information content (AvgIpc) is 3.15. The molecule has 5 atom stereocenters. The molecule has 33 heavy (non-hydrogen) atoms. The summed E-state index contributed by atoms with van der Waals surface area (Å²) in [5.74, 6) is 0.798. The molecule has 2 bridgehead atoms. The summed E-state index contributed by atoms with van der Waals surface area (Å²) in [4.78, 5) is 27.3. The Kier molecular flexibility index (Phi) is 5.12. The first-order chi connectivity index (χ1) is 15.7. The van der Waals surface area contributed by atoms with Gasteiger partial charge in [0.1, 0.15) is 11.6 Å². The molecule has 2 heterocycles. The number of ether oxygens (including phenoxy) is 2. The fourth-order valence-corrected chi connectivity index (χ4v) is 6.96. The topological polar surface area (TPSA) is 88.1 Å². The highest BCUT2D eigenvalue weighted by Crippen LogP contribution is 2.65. The molecule has 1 amide bonds. The second-order valence-electron chi connectivity index (χ2n) is 10.3. The van der Waals surface area contributed by atoms with Crippen molar-refractivity contribution in [1.29, 1.82) is 0 Å². The summed E-state index contributed by atoms with van der Waals surface area (Å²) in [6.45, 7) is 6.69. The normalized spacial score (nSPS) is 35.5. The van der Waals surface area contributed by atoms with Crippen molar-refractivity contribution in [2.24, 2.45) is 0 Å². The first-order valence-corrected chi connectivity index (χ1v) is 11.8. The fraction of sp³-hybridized carbons (Fsp3) is 0.600. The molecule has 178 valence electrons. The molecule has 2 N–H and O–H groups in total. The molecule has 1 aromatic carbocycles. The van der Waals surface area contributed by atoms with Crippen LogP contribution in [0.15, 0.2) is 24.8 Å². The Hall–Kier alpha value is -2.42. The molecule has 2 aliphatic heterocycles. The Labute approximate surface area is 194 Å². The summed E-state index contributed by atoms with van der Waals surface area (Å²) in [5, 5.41) is 15.4. The molecular formula is C25H34N3O5+. The van der Waals surface area contributed by atoms with Gasteiger partial charge in [-0.15, -0.1) is 0 Å². The van der Waals surface area contributed by atoms with Gasteiger partial charge in [-0.25, -0.2) is 4.79 Å². The van der Waals surface area contributed by atoms with Crippen LogP contribution in [0.3, 0.4) is 0 Å². The van der Waals surface area contributed by atoms with Crippen molar-refractivity contribution in [3.63, 3.8) is 0 Å². The number of amides is 1. The van der Waals surface area contributed by atoms with Crippen LogP contribution in [0, 0.1) is 0 Å². The lowest BCUT2D eigenvalue weighted by Gasteiger charge is -2.64. The smallest absolute Gasteiger partial charge is 0.415 e. The Morgan fingerprint density at radius 1 is 1.45 bits per heavy atom. The number of nitrogens with zero attached hydrogens (tertiary/aromatic N) is 2. The van der Waals surface area contributed by atoms with Gasteiger partial charge in [-0.2, -0.15) is 0 Å². The number of likely N-dealkylation sites (N-methyl/N-ethyl adjacent to an activating group) is 3. The number of hydrogen-bond donors (Lipinski definition) is 2. The van der Waals surface area contributed by atoms with E-state index in [9.17, 15) is 14.7 Å². The standard InChI is InChI=1S/C25H34N3O5/c1-5-13-28(4)14-10-24-20-16-6-7-18(32-23(30)27(3)12-11-26-2)21(20)33-22(24)17(29)8-9-25(24,31)19(28)15-16/h5-7,19,22,26,31H,1,8-15H2,2-4H3/q+1/t19-,22+,24+,25-,28-/m1/s1. The number of rotatable bonds is 6. The van der Waals surface area contributed by atoms with E-state index in [1.54, 1.807) is 13.1 Å². The molecule has 2 aliphatic carbocycles. The quantitative estimate of drug-likeness (QED) is 0.497. The molecule has 0 radical (unpaired) electrons. The number of piperidine rings is 1. The fourth-order valence-electron chi connectivity index (χ4n) is 6.96. The first-order valence-electron chi connectivity index (χ1n) is 11.8. The molecule has 4 aliphatic rings. The minimum Gasteiger partial charge on any atom is -0.477 e. The van der Waals surface area contributed by atoms with E-state index in [0.717, 1.165) is 24.2 Å². The number of aliphatic hydroxyl groups is 1. The van der Waals surface area contributed by atoms with Crippen LogP contribution in [0.5, 0.6) is 11.5 Å². The second kappa shape index (κ2) is 7.55. The maximum atomic E-state index is 13.1. The van der Waals surface area contributed by atoms with E-state index < -0.39 is 23.2 Å². The Morgan fingerprint density at radius 2 is 2.24 bits per heavy atom. The van der Waals surface area contributed by atoms with Crippen molar-refractivity contribution in [2.45, 2.75) is 48.8 Å². The largest absolute Gasteiger partial charge is 0.477 e. The van der Waals surface area contributed by atoms with Crippen molar-refractivity contribution < 1.29 is 28.7 Å². The molecule has 1 saturated carbocycles. The zero-order valence-corrected chi connectivity index (χ0v) is 19.7. The summed E-state index contributed by atoms with van der Waals surface area (Å²) >= 11 is 0. The number of carbonyl (C=O) groups excluding carboxylic acids is 2. The van der Waals surface area contributed by atoms with Crippen LogP contribution >= 0.6 is 0 Å². The Bertz CT molecular complexity index is 1030. The van der Waals surface area contributed by atoms with Crippen LogP contribution in [0.1, 0.15) is 30.4 Å². The summed E-state index contributed by atoms with van der Waals surface area (Å²) in [7, 11) is 5.69. The van der Waals surface area contributed by atoms with E-state index in [4.69, 9.17) is 9.47 Å². The van der Waals surface area contributed by atoms with Gasteiger partial charge in [0.05, 0.1) is 25.6 Å². The van der Waals surface area contributed by atoms with Crippen molar-refractivity contribution in [2.75, 3.05) is 47.3 Å². The highest BCUT2D eigenvalue weighted by Gasteiger charge is 2.76. The number of benzene rings is 1. The lowest BCUT2D eigenvalue weighted by Crippen LogP contribution is -2.80. The van der Waals surface area contributed by atoms with Crippen molar-refractivity contribution >= 4 is 11.9 Å². The number of nitrogens with one attached hydrogen (secondary N) is 1. The minimum absolute atomic E-state index is 0.0192. The summed E-state index contributed by atoms with van der Waals surface area (Å²) in [5.41, 5.74) is 0.0992. The summed E-state index contributed by atoms with van der Waals surface area (Å²) in [6.07, 6.45) is 2.74. The third-order valence-electron chi connectivity index (χ3n) is 8.64. The van der Waals surface area contributed by atoms with Crippen LogP contribution in [0.25, 0.3) is 0 Å². The predicted octanol–water partition coefficient (Wildman–Crippen LogP) is 1.39. The zero-order valence-electron chi connectivity index (χ0n) is 19.7. The molecule has 8 heteroatoms. The van der Waals surface area contributed by atoms with Gasteiger partial charge in [-0.05, 0) is 31.2 Å². The number of likely N-dealkylation sites (tertiary alicyclic amines) is 1. The summed E-state index contributed by atoms with van der Waals surface area (Å²) in [6, 6.07) is 3.70. The number of Topliss-reactive ketones (excluding diaryl/α,β-unsaturated/α-hetero) is 1. The third kappa shape index (κ3) is 2.87. The van der Waals surface area contributed by atoms with E-state index in [1.807, 2.05) is 19.2 Å². The molecule has 1 spiro atoms. The second-order valence-corrected chi connectivity index (χ2v) is 10.3. The highest BCUT2D eigenvalue weighted by molar-refractivity contribution is 5.90. The van der Waals surface area contributed by atoms with E-state index in [0.29, 0.717) is 54.8 Å². The molecule has 0 aromatic heterocycles. The molecule has 5 rings (SSSR count). The van der Waals surface area contributed by atoms with Crippen molar-refractivity contribution in [3.8, 4) is 11.5 Å². The SMILES string of the molecule is C=CC[N@+]1(C)CC[C@]23c4c5ccc(OC(=O)N(C)CCNC)c4O[C@H]2C(=O)CC[C@@]3(O)[C@H]1C5. The predicted molar refractivity (Wildman–Crippen MR) is 123 cm³/mol. The van der Waals surface area contributed by atoms with Gasteiger partial charge in [-0.3, -0.25) is 4.79 Å². The van der Waals surface area contributed by atoms with Gasteiger partial charge in [-0.1, -0.05) is 12.6 Å². The lowest BCUT2D eigenvalue weighted by atomic mass is 9.48. The molecule has 8 nitrogen and oxygen atoms in total. The average molecular weight is 457 g/mol. The van der Waals surface area contributed by atoms with Gasteiger partial charge < -0.3 is 29.3 Å². The van der Waals surface area contributed by atoms with E-state index in [1.165, 1.54) is 4.90 Å². The highest BCUT2D eigenvalue weighted by atomic mass is 16.6. The Morgan fingerprint density at radius 3 is 2.97 bits per heavy atom. The maximum Gasteiger partial charge on any atom is 0.415 e. The van der Waals surface area contributed by atoms with E-state index >= 15 is 0 Å². The van der Waals surface area contributed by atoms with E-state index in [-0.39, 0.29) is 11.8 Å².